The number of amides is 1. The molecule has 116 valence electrons. The minimum Gasteiger partial charge on any atom is -0.371 e. The zero-order valence-electron chi connectivity index (χ0n) is 13.0. The van der Waals surface area contributed by atoms with Gasteiger partial charge in [-0.1, -0.05) is 29.8 Å². The van der Waals surface area contributed by atoms with Gasteiger partial charge in [-0.2, -0.15) is 0 Å². The molecule has 1 amide bonds. The smallest absolute Gasteiger partial charge is 0.220 e. The van der Waals surface area contributed by atoms with Gasteiger partial charge in [0.2, 0.25) is 5.91 Å². The molecule has 2 N–H and O–H groups in total. The first-order valence-corrected chi connectivity index (χ1v) is 7.83. The van der Waals surface area contributed by atoms with Crippen molar-refractivity contribution in [2.75, 3.05) is 20.2 Å². The molecule has 1 heterocycles. The van der Waals surface area contributed by atoms with Crippen LogP contribution in [0, 0.1) is 6.92 Å². The van der Waals surface area contributed by atoms with E-state index in [2.05, 4.69) is 41.8 Å². The lowest BCUT2D eigenvalue weighted by molar-refractivity contribution is -0.124. The summed E-state index contributed by atoms with van der Waals surface area (Å²) in [5.74, 6) is 0.123. The molecule has 2 unspecified atom stereocenters. The molecule has 4 nitrogen and oxygen atoms in total. The third-order valence-electron chi connectivity index (χ3n) is 3.91. The van der Waals surface area contributed by atoms with Gasteiger partial charge in [-0.3, -0.25) is 4.79 Å². The Morgan fingerprint density at radius 3 is 2.81 bits per heavy atom. The fourth-order valence-corrected chi connectivity index (χ4v) is 2.72. The first kappa shape index (κ1) is 16.0. The molecule has 0 saturated carbocycles. The van der Waals surface area contributed by atoms with Crippen molar-refractivity contribution < 1.29 is 9.53 Å². The highest BCUT2D eigenvalue weighted by molar-refractivity contribution is 5.76. The molecule has 0 spiro atoms. The summed E-state index contributed by atoms with van der Waals surface area (Å²) >= 11 is 0. The molecule has 4 heteroatoms. The first-order chi connectivity index (χ1) is 10.2. The maximum atomic E-state index is 12.0. The number of carbonyl (C=O) groups excluding carboxylic acids is 1. The first-order valence-electron chi connectivity index (χ1n) is 7.83. The Bertz CT molecular complexity index is 445. The summed E-state index contributed by atoms with van der Waals surface area (Å²) in [5.41, 5.74) is 2.39. The molecule has 21 heavy (non-hydrogen) atoms. The number of hydrogen-bond acceptors (Lipinski definition) is 3. The molecular formula is C17H26N2O2. The standard InChI is InChI=1S/C17H26N2O2/c1-13-7-9-14(10-8-13)17-15(5-4-12-21-17)19-16(20)6-3-11-18-2/h7-10,15,17-18H,3-6,11-12H2,1-2H3,(H,19,20). The van der Waals surface area contributed by atoms with E-state index >= 15 is 0 Å². The third kappa shape index (κ3) is 4.83. The lowest BCUT2D eigenvalue weighted by atomic mass is 9.95. The van der Waals surface area contributed by atoms with E-state index in [1.165, 1.54) is 5.56 Å². The van der Waals surface area contributed by atoms with Crippen LogP contribution in [0.2, 0.25) is 0 Å². The van der Waals surface area contributed by atoms with E-state index in [0.717, 1.165) is 38.0 Å². The average molecular weight is 290 g/mol. The van der Waals surface area contributed by atoms with Gasteiger partial charge in [0.05, 0.1) is 6.04 Å². The van der Waals surface area contributed by atoms with Gasteiger partial charge in [0.25, 0.3) is 0 Å². The number of carbonyl (C=O) groups is 1. The predicted molar refractivity (Wildman–Crippen MR) is 84.2 cm³/mol. The monoisotopic (exact) mass is 290 g/mol. The summed E-state index contributed by atoms with van der Waals surface area (Å²) < 4.78 is 5.92. The summed E-state index contributed by atoms with van der Waals surface area (Å²) in [5, 5.41) is 6.21. The van der Waals surface area contributed by atoms with Gasteiger partial charge in [0.15, 0.2) is 0 Å². The average Bonchev–Trinajstić information content (AvgIpc) is 2.49. The third-order valence-corrected chi connectivity index (χ3v) is 3.91. The van der Waals surface area contributed by atoms with Crippen molar-refractivity contribution in [3.05, 3.63) is 35.4 Å². The summed E-state index contributed by atoms with van der Waals surface area (Å²) in [4.78, 5) is 12.0. The van der Waals surface area contributed by atoms with Crippen LogP contribution in [0.5, 0.6) is 0 Å². The minimum absolute atomic E-state index is 0.0207. The van der Waals surface area contributed by atoms with Gasteiger partial charge in [-0.25, -0.2) is 0 Å². The molecule has 0 bridgehead atoms. The van der Waals surface area contributed by atoms with Crippen LogP contribution in [0.25, 0.3) is 0 Å². The molecule has 0 radical (unpaired) electrons. The molecule has 1 aliphatic rings. The molecule has 1 aromatic carbocycles. The molecule has 2 rings (SSSR count). The Morgan fingerprint density at radius 1 is 1.33 bits per heavy atom. The number of hydrogen-bond donors (Lipinski definition) is 2. The van der Waals surface area contributed by atoms with Crippen molar-refractivity contribution in [2.45, 2.75) is 44.8 Å². The second-order valence-electron chi connectivity index (χ2n) is 5.73. The number of rotatable bonds is 6. The van der Waals surface area contributed by atoms with Gasteiger partial charge in [0, 0.05) is 13.0 Å². The van der Waals surface area contributed by atoms with Crippen molar-refractivity contribution >= 4 is 5.91 Å². The number of ether oxygens (including phenoxy) is 1. The van der Waals surface area contributed by atoms with Crippen LogP contribution in [0.15, 0.2) is 24.3 Å². The number of aryl methyl sites for hydroxylation is 1. The van der Waals surface area contributed by atoms with Crippen molar-refractivity contribution in [1.29, 1.82) is 0 Å². The van der Waals surface area contributed by atoms with Gasteiger partial charge in [0.1, 0.15) is 6.10 Å². The lowest BCUT2D eigenvalue weighted by Crippen LogP contribution is -2.42. The van der Waals surface area contributed by atoms with Crippen LogP contribution in [-0.4, -0.2) is 32.1 Å². The summed E-state index contributed by atoms with van der Waals surface area (Å²) in [7, 11) is 1.90. The van der Waals surface area contributed by atoms with Crippen LogP contribution in [-0.2, 0) is 9.53 Å². The van der Waals surface area contributed by atoms with Crippen molar-refractivity contribution in [3.8, 4) is 0 Å². The molecule has 1 aliphatic heterocycles. The molecule has 1 fully saturated rings. The van der Waals surface area contributed by atoms with E-state index in [1.54, 1.807) is 0 Å². The Kier molecular flexibility index (Phi) is 6.21. The highest BCUT2D eigenvalue weighted by Crippen LogP contribution is 2.28. The fourth-order valence-electron chi connectivity index (χ4n) is 2.72. The van der Waals surface area contributed by atoms with E-state index in [9.17, 15) is 4.79 Å². The molecule has 2 atom stereocenters. The Morgan fingerprint density at radius 2 is 2.10 bits per heavy atom. The van der Waals surface area contributed by atoms with Crippen LogP contribution < -0.4 is 10.6 Å². The number of nitrogens with one attached hydrogen (secondary N) is 2. The molecule has 1 aromatic rings. The van der Waals surface area contributed by atoms with Crippen LogP contribution in [0.1, 0.15) is 42.9 Å². The van der Waals surface area contributed by atoms with E-state index < -0.39 is 0 Å². The second-order valence-corrected chi connectivity index (χ2v) is 5.73. The van der Waals surface area contributed by atoms with E-state index in [1.807, 2.05) is 7.05 Å². The zero-order chi connectivity index (χ0) is 15.1. The van der Waals surface area contributed by atoms with Crippen LogP contribution in [0.4, 0.5) is 0 Å². The van der Waals surface area contributed by atoms with Gasteiger partial charge < -0.3 is 15.4 Å². The highest BCUT2D eigenvalue weighted by Gasteiger charge is 2.28. The molecule has 0 aromatic heterocycles. The van der Waals surface area contributed by atoms with Gasteiger partial charge in [-0.15, -0.1) is 0 Å². The zero-order valence-corrected chi connectivity index (χ0v) is 13.0. The normalized spacial score (nSPS) is 22.0. The summed E-state index contributed by atoms with van der Waals surface area (Å²) in [6.07, 6.45) is 3.40. The van der Waals surface area contributed by atoms with Crippen LogP contribution in [0.3, 0.4) is 0 Å². The quantitative estimate of drug-likeness (QED) is 0.791. The van der Waals surface area contributed by atoms with Crippen molar-refractivity contribution in [1.82, 2.24) is 10.6 Å². The van der Waals surface area contributed by atoms with Crippen molar-refractivity contribution in [2.24, 2.45) is 0 Å². The van der Waals surface area contributed by atoms with E-state index in [0.29, 0.717) is 6.42 Å². The SMILES string of the molecule is CNCCCC(=O)NC1CCCOC1c1ccc(C)cc1. The Labute approximate surface area is 127 Å². The minimum atomic E-state index is -0.0207. The topological polar surface area (TPSA) is 50.4 Å². The van der Waals surface area contributed by atoms with Crippen LogP contribution >= 0.6 is 0 Å². The van der Waals surface area contributed by atoms with Crippen molar-refractivity contribution in [3.63, 3.8) is 0 Å². The molecule has 0 aliphatic carbocycles. The maximum Gasteiger partial charge on any atom is 0.220 e. The van der Waals surface area contributed by atoms with Gasteiger partial charge >= 0.3 is 0 Å². The van der Waals surface area contributed by atoms with E-state index in [4.69, 9.17) is 4.74 Å². The fraction of sp³-hybridized carbons (Fsp3) is 0.588. The molecule has 1 saturated heterocycles. The second kappa shape index (κ2) is 8.15. The Balaban J connectivity index is 1.95. The van der Waals surface area contributed by atoms with Gasteiger partial charge in [-0.05, 0) is 45.3 Å². The lowest BCUT2D eigenvalue weighted by Gasteiger charge is -2.32. The van der Waals surface area contributed by atoms with E-state index in [-0.39, 0.29) is 18.1 Å². The Hall–Kier alpha value is -1.39. The highest BCUT2D eigenvalue weighted by atomic mass is 16.5. The molecular weight excluding hydrogens is 264 g/mol. The number of benzene rings is 1. The largest absolute Gasteiger partial charge is 0.371 e. The maximum absolute atomic E-state index is 12.0. The predicted octanol–water partition coefficient (Wildman–Crippen LogP) is 2.33. The summed E-state index contributed by atoms with van der Waals surface area (Å²) in [6, 6.07) is 8.48. The summed E-state index contributed by atoms with van der Waals surface area (Å²) in [6.45, 7) is 3.72.